The Balaban J connectivity index is 0.940. The van der Waals surface area contributed by atoms with Crippen molar-refractivity contribution < 1.29 is 4.42 Å². The lowest BCUT2D eigenvalue weighted by atomic mass is 9.97. The van der Waals surface area contributed by atoms with E-state index in [9.17, 15) is 0 Å². The van der Waals surface area contributed by atoms with Gasteiger partial charge < -0.3 is 13.9 Å². The molecular formula is C58H38N2O. The van der Waals surface area contributed by atoms with Crippen LogP contribution < -0.4 is 4.90 Å². The van der Waals surface area contributed by atoms with Gasteiger partial charge in [-0.3, -0.25) is 0 Å². The third kappa shape index (κ3) is 5.90. The fourth-order valence-electron chi connectivity index (χ4n) is 9.29. The summed E-state index contributed by atoms with van der Waals surface area (Å²) in [4.78, 5) is 2.38. The molecule has 0 atom stereocenters. The van der Waals surface area contributed by atoms with Gasteiger partial charge in [0, 0.05) is 44.0 Å². The first-order valence-electron chi connectivity index (χ1n) is 20.8. The molecule has 286 valence electrons. The molecule has 0 fully saturated rings. The highest BCUT2D eigenvalue weighted by Gasteiger charge is 2.20. The van der Waals surface area contributed by atoms with Crippen molar-refractivity contribution in [2.45, 2.75) is 0 Å². The van der Waals surface area contributed by atoms with Crippen LogP contribution in [-0.4, -0.2) is 4.57 Å². The van der Waals surface area contributed by atoms with Gasteiger partial charge in [-0.1, -0.05) is 164 Å². The number of benzene rings is 10. The number of aromatic nitrogens is 1. The lowest BCUT2D eigenvalue weighted by Gasteiger charge is -2.28. The Morgan fingerprint density at radius 2 is 0.869 bits per heavy atom. The molecule has 0 bridgehead atoms. The molecule has 0 aliphatic rings. The minimum Gasteiger partial charge on any atom is -0.456 e. The maximum atomic E-state index is 6.27. The minimum absolute atomic E-state index is 0.879. The predicted octanol–water partition coefficient (Wildman–Crippen LogP) is 16.3. The maximum Gasteiger partial charge on any atom is 0.135 e. The molecule has 0 radical (unpaired) electrons. The van der Waals surface area contributed by atoms with Crippen molar-refractivity contribution in [3.63, 3.8) is 0 Å². The van der Waals surface area contributed by atoms with E-state index in [1.165, 1.54) is 60.5 Å². The lowest BCUT2D eigenvalue weighted by molar-refractivity contribution is 0.669. The van der Waals surface area contributed by atoms with Crippen LogP contribution in [0.25, 0.3) is 93.6 Å². The zero-order valence-electron chi connectivity index (χ0n) is 33.2. The topological polar surface area (TPSA) is 21.3 Å². The molecule has 0 spiro atoms. The first-order chi connectivity index (χ1) is 30.2. The van der Waals surface area contributed by atoms with Crippen molar-refractivity contribution in [1.82, 2.24) is 4.57 Å². The van der Waals surface area contributed by atoms with Crippen molar-refractivity contribution in [2.75, 3.05) is 4.90 Å². The van der Waals surface area contributed by atoms with Crippen molar-refractivity contribution in [1.29, 1.82) is 0 Å². The third-order valence-corrected chi connectivity index (χ3v) is 12.2. The average molecular weight is 779 g/mol. The van der Waals surface area contributed by atoms with Gasteiger partial charge in [-0.15, -0.1) is 0 Å². The van der Waals surface area contributed by atoms with Gasteiger partial charge in [0.1, 0.15) is 11.2 Å². The molecule has 61 heavy (non-hydrogen) atoms. The van der Waals surface area contributed by atoms with E-state index in [1.807, 2.05) is 12.1 Å². The maximum absolute atomic E-state index is 6.27. The zero-order chi connectivity index (χ0) is 40.3. The summed E-state index contributed by atoms with van der Waals surface area (Å²) in [7, 11) is 0. The summed E-state index contributed by atoms with van der Waals surface area (Å²) < 4.78 is 8.68. The molecule has 0 saturated carbocycles. The van der Waals surface area contributed by atoms with E-state index in [0.29, 0.717) is 0 Å². The molecule has 0 amide bonds. The lowest BCUT2D eigenvalue weighted by Crippen LogP contribution is -2.11. The van der Waals surface area contributed by atoms with Crippen molar-refractivity contribution >= 4 is 71.6 Å². The molecule has 10 aromatic carbocycles. The van der Waals surface area contributed by atoms with Gasteiger partial charge in [-0.2, -0.15) is 0 Å². The van der Waals surface area contributed by atoms with Gasteiger partial charge >= 0.3 is 0 Å². The summed E-state index contributed by atoms with van der Waals surface area (Å²) in [6.45, 7) is 0. The molecule has 0 aliphatic carbocycles. The van der Waals surface area contributed by atoms with Crippen molar-refractivity contribution in [3.05, 3.63) is 231 Å². The smallest absolute Gasteiger partial charge is 0.135 e. The van der Waals surface area contributed by atoms with E-state index < -0.39 is 0 Å². The second-order valence-corrected chi connectivity index (χ2v) is 15.7. The van der Waals surface area contributed by atoms with E-state index in [0.717, 1.165) is 50.1 Å². The van der Waals surface area contributed by atoms with Crippen LogP contribution in [0.5, 0.6) is 0 Å². The van der Waals surface area contributed by atoms with Crippen molar-refractivity contribution in [3.8, 4) is 39.1 Å². The van der Waals surface area contributed by atoms with Gasteiger partial charge in [0.05, 0.1) is 22.4 Å². The van der Waals surface area contributed by atoms with Crippen LogP contribution in [0.1, 0.15) is 0 Å². The van der Waals surface area contributed by atoms with Crippen LogP contribution in [0.15, 0.2) is 235 Å². The summed E-state index contributed by atoms with van der Waals surface area (Å²) in [5, 5.41) is 7.18. The Morgan fingerprint density at radius 1 is 0.328 bits per heavy atom. The fourth-order valence-corrected chi connectivity index (χ4v) is 9.29. The van der Waals surface area contributed by atoms with Crippen molar-refractivity contribution in [2.24, 2.45) is 0 Å². The number of furan rings is 1. The first-order valence-corrected chi connectivity index (χ1v) is 20.8. The number of hydrogen-bond acceptors (Lipinski definition) is 2. The molecular weight excluding hydrogens is 741 g/mol. The highest BCUT2D eigenvalue weighted by atomic mass is 16.3. The van der Waals surface area contributed by atoms with Gasteiger partial charge in [-0.05, 0) is 99.8 Å². The quantitative estimate of drug-likeness (QED) is 0.161. The fraction of sp³-hybridized carbons (Fsp3) is 0. The Hall–Kier alpha value is -8.14. The predicted molar refractivity (Wildman–Crippen MR) is 257 cm³/mol. The standard InChI is InChI=1S/C58H38N2O/c1-2-14-43-37-44(30-27-39(43)13-1)48-16-4-8-20-53(48)59(46-35-36-58-52(38-46)51-19-7-12-24-57(51)61-58)45-33-31-41(32-34-45)40-25-28-42(29-26-40)47-15-3-9-21-54(47)60-55-22-10-5-17-49(55)50-18-6-11-23-56(50)60/h1-38H. The number of hydrogen-bond donors (Lipinski definition) is 0. The number of rotatable bonds is 7. The molecule has 12 rings (SSSR count). The van der Waals surface area contributed by atoms with Crippen LogP contribution in [0.4, 0.5) is 17.1 Å². The summed E-state index contributed by atoms with van der Waals surface area (Å²) in [6, 6.07) is 83.0. The Kier molecular flexibility index (Phi) is 8.17. The molecule has 2 aromatic heterocycles. The molecule has 0 unspecified atom stereocenters. The van der Waals surface area contributed by atoms with Crippen LogP contribution in [0.2, 0.25) is 0 Å². The largest absolute Gasteiger partial charge is 0.456 e. The number of anilines is 3. The Morgan fingerprint density at radius 3 is 1.64 bits per heavy atom. The number of fused-ring (bicyclic) bond motifs is 7. The average Bonchev–Trinajstić information content (AvgIpc) is 3.87. The molecule has 0 saturated heterocycles. The number of nitrogens with zero attached hydrogens (tertiary/aromatic N) is 2. The van der Waals surface area contributed by atoms with Gasteiger partial charge in [0.2, 0.25) is 0 Å². The van der Waals surface area contributed by atoms with Crippen LogP contribution in [0, 0.1) is 0 Å². The summed E-state index contributed by atoms with van der Waals surface area (Å²) in [5.74, 6) is 0. The second kappa shape index (κ2) is 14.3. The van der Waals surface area contributed by atoms with Gasteiger partial charge in [0.15, 0.2) is 0 Å². The van der Waals surface area contributed by atoms with Crippen LogP contribution in [-0.2, 0) is 0 Å². The van der Waals surface area contributed by atoms with Crippen LogP contribution >= 0.6 is 0 Å². The molecule has 12 aromatic rings. The highest BCUT2D eigenvalue weighted by molar-refractivity contribution is 6.10. The molecule has 0 aliphatic heterocycles. The van der Waals surface area contributed by atoms with Gasteiger partial charge in [0.25, 0.3) is 0 Å². The molecule has 3 nitrogen and oxygen atoms in total. The van der Waals surface area contributed by atoms with E-state index >= 15 is 0 Å². The number of para-hydroxylation sites is 5. The van der Waals surface area contributed by atoms with E-state index in [2.05, 4.69) is 228 Å². The molecule has 3 heteroatoms. The third-order valence-electron chi connectivity index (χ3n) is 12.2. The SMILES string of the molecule is c1ccc(N(c2ccc(-c3ccc(-c4ccccc4-n4c5ccccc5c5ccccc54)cc3)cc2)c2ccc3oc4ccccc4c3c2)c(-c2ccc3ccccc3c2)c1. The first kappa shape index (κ1) is 34.9. The van der Waals surface area contributed by atoms with E-state index in [1.54, 1.807) is 0 Å². The normalized spacial score (nSPS) is 11.6. The summed E-state index contributed by atoms with van der Waals surface area (Å²) in [5.41, 5.74) is 15.6. The van der Waals surface area contributed by atoms with Gasteiger partial charge in [-0.25, -0.2) is 0 Å². The van der Waals surface area contributed by atoms with E-state index in [4.69, 9.17) is 4.42 Å². The Bertz CT molecular complexity index is 3540. The minimum atomic E-state index is 0.879. The zero-order valence-corrected chi connectivity index (χ0v) is 33.2. The Labute approximate surface area is 353 Å². The van der Waals surface area contributed by atoms with Crippen LogP contribution in [0.3, 0.4) is 0 Å². The molecule has 2 heterocycles. The summed E-state index contributed by atoms with van der Waals surface area (Å²) in [6.07, 6.45) is 0. The second-order valence-electron chi connectivity index (χ2n) is 15.7. The monoisotopic (exact) mass is 778 g/mol. The molecule has 0 N–H and O–H groups in total. The summed E-state index contributed by atoms with van der Waals surface area (Å²) >= 11 is 0. The van der Waals surface area contributed by atoms with E-state index in [-0.39, 0.29) is 0 Å². The highest BCUT2D eigenvalue weighted by Crippen LogP contribution is 2.44.